The van der Waals surface area contributed by atoms with E-state index in [1.165, 1.54) is 37.1 Å². The third-order valence-electron chi connectivity index (χ3n) is 8.00. The molecule has 2 aromatic heterocycles. The fourth-order valence-electron chi connectivity index (χ4n) is 5.81. The Balaban J connectivity index is 1.09. The summed E-state index contributed by atoms with van der Waals surface area (Å²) in [6.45, 7) is 3.42. The standard InChI is InChI=1S/C27H30F3N5O2/c28-27(29,30)37-21-5-1-19(2-6-21)26(36)35-13-7-17(8-14-35)22-15-31-25-24(22)33-23(16-32-25)18-9-11-34(12-10-18)20-3-4-20/h1-2,5-6,15-18,20H,3-4,7-14H2,(H,31,32). The molecule has 10 heteroatoms. The van der Waals surface area contributed by atoms with E-state index in [-0.39, 0.29) is 17.6 Å². The number of H-pyrrole nitrogens is 1. The molecular weight excluding hydrogens is 483 g/mol. The number of aromatic nitrogens is 3. The van der Waals surface area contributed by atoms with Gasteiger partial charge in [-0.3, -0.25) is 4.79 Å². The number of piperidine rings is 2. The largest absolute Gasteiger partial charge is 0.573 e. The molecule has 3 aliphatic rings. The van der Waals surface area contributed by atoms with Crippen LogP contribution >= 0.6 is 0 Å². The molecule has 2 saturated heterocycles. The Kier molecular flexibility index (Phi) is 6.30. The molecule has 196 valence electrons. The fourth-order valence-corrected chi connectivity index (χ4v) is 5.81. The van der Waals surface area contributed by atoms with Gasteiger partial charge in [-0.15, -0.1) is 13.2 Å². The predicted molar refractivity (Wildman–Crippen MR) is 131 cm³/mol. The first-order valence-corrected chi connectivity index (χ1v) is 13.1. The van der Waals surface area contributed by atoms with Crippen LogP contribution < -0.4 is 4.74 Å². The number of carbonyl (C=O) groups is 1. The number of halogens is 3. The maximum absolute atomic E-state index is 12.9. The van der Waals surface area contributed by atoms with E-state index in [1.54, 1.807) is 4.90 Å². The third kappa shape index (κ3) is 5.30. The van der Waals surface area contributed by atoms with Crippen molar-refractivity contribution in [3.8, 4) is 5.75 Å². The number of carbonyl (C=O) groups excluding carboxylic acids is 1. The monoisotopic (exact) mass is 513 g/mol. The van der Waals surface area contributed by atoms with Crippen LogP contribution in [0.15, 0.2) is 36.7 Å². The SMILES string of the molecule is O=C(c1ccc(OC(F)(F)F)cc1)N1CCC(c2c[nH]c3ncc(C4CCN(C5CC5)CC4)nc23)CC1. The van der Waals surface area contributed by atoms with Crippen molar-refractivity contribution < 1.29 is 22.7 Å². The van der Waals surface area contributed by atoms with E-state index in [4.69, 9.17) is 4.98 Å². The van der Waals surface area contributed by atoms with Gasteiger partial charge in [-0.25, -0.2) is 9.97 Å². The minimum Gasteiger partial charge on any atom is -0.406 e. The molecule has 37 heavy (non-hydrogen) atoms. The molecule has 0 bridgehead atoms. The Morgan fingerprint density at radius 1 is 0.946 bits per heavy atom. The topological polar surface area (TPSA) is 74.3 Å². The lowest BCUT2D eigenvalue weighted by Gasteiger charge is -2.32. The van der Waals surface area contributed by atoms with E-state index in [1.807, 2.05) is 12.4 Å². The van der Waals surface area contributed by atoms with Gasteiger partial charge in [0.05, 0.1) is 11.9 Å². The van der Waals surface area contributed by atoms with E-state index >= 15 is 0 Å². The number of hydrogen-bond acceptors (Lipinski definition) is 5. The molecule has 6 rings (SSSR count). The molecule has 0 unspecified atom stereocenters. The van der Waals surface area contributed by atoms with Crippen LogP contribution in [0.4, 0.5) is 13.2 Å². The van der Waals surface area contributed by atoms with Crippen LogP contribution in [0.3, 0.4) is 0 Å². The smallest absolute Gasteiger partial charge is 0.406 e. The third-order valence-corrected chi connectivity index (χ3v) is 8.00. The molecule has 2 aliphatic heterocycles. The zero-order chi connectivity index (χ0) is 25.6. The number of ether oxygens (including phenoxy) is 1. The Labute approximate surface area is 213 Å². The second-order valence-corrected chi connectivity index (χ2v) is 10.4. The number of hydrogen-bond donors (Lipinski definition) is 1. The van der Waals surface area contributed by atoms with Gasteiger partial charge in [0.1, 0.15) is 11.3 Å². The average molecular weight is 514 g/mol. The number of benzene rings is 1. The van der Waals surface area contributed by atoms with Crippen molar-refractivity contribution in [2.24, 2.45) is 0 Å². The van der Waals surface area contributed by atoms with Gasteiger partial charge < -0.3 is 19.5 Å². The average Bonchev–Trinajstić information content (AvgIpc) is 3.67. The minimum atomic E-state index is -4.76. The van der Waals surface area contributed by atoms with Crippen molar-refractivity contribution in [3.63, 3.8) is 0 Å². The second-order valence-electron chi connectivity index (χ2n) is 10.4. The number of aromatic amines is 1. The molecule has 3 fully saturated rings. The normalized spacial score (nSPS) is 20.5. The predicted octanol–water partition coefficient (Wildman–Crippen LogP) is 5.22. The molecule has 4 heterocycles. The number of fused-ring (bicyclic) bond motifs is 1. The van der Waals surface area contributed by atoms with E-state index < -0.39 is 6.36 Å². The number of rotatable bonds is 5. The van der Waals surface area contributed by atoms with Gasteiger partial charge in [0, 0.05) is 42.4 Å². The van der Waals surface area contributed by atoms with Crippen LogP contribution in [0.5, 0.6) is 5.75 Å². The van der Waals surface area contributed by atoms with Gasteiger partial charge in [0.25, 0.3) is 5.91 Å². The Hall–Kier alpha value is -3.14. The van der Waals surface area contributed by atoms with Crippen LogP contribution in [0.25, 0.3) is 11.2 Å². The molecule has 0 radical (unpaired) electrons. The lowest BCUT2D eigenvalue weighted by molar-refractivity contribution is -0.274. The number of nitrogens with zero attached hydrogens (tertiary/aromatic N) is 4. The molecule has 3 aromatic rings. The fraction of sp³-hybridized carbons (Fsp3) is 0.519. The van der Waals surface area contributed by atoms with Crippen molar-refractivity contribution in [3.05, 3.63) is 53.5 Å². The molecule has 1 aliphatic carbocycles. The molecule has 1 amide bonds. The van der Waals surface area contributed by atoms with Gasteiger partial charge in [-0.05, 0) is 81.8 Å². The second kappa shape index (κ2) is 9.63. The lowest BCUT2D eigenvalue weighted by atomic mass is 9.90. The summed E-state index contributed by atoms with van der Waals surface area (Å²) in [7, 11) is 0. The Morgan fingerprint density at radius 2 is 1.62 bits per heavy atom. The first-order chi connectivity index (χ1) is 17.8. The summed E-state index contributed by atoms with van der Waals surface area (Å²) in [6, 6.07) is 5.91. The highest BCUT2D eigenvalue weighted by atomic mass is 19.4. The zero-order valence-corrected chi connectivity index (χ0v) is 20.5. The summed E-state index contributed by atoms with van der Waals surface area (Å²) in [5, 5.41) is 0. The summed E-state index contributed by atoms with van der Waals surface area (Å²) in [5.41, 5.74) is 4.32. The zero-order valence-electron chi connectivity index (χ0n) is 20.5. The highest BCUT2D eigenvalue weighted by Crippen LogP contribution is 2.36. The summed E-state index contributed by atoms with van der Waals surface area (Å²) in [6.07, 6.45) is 5.69. The van der Waals surface area contributed by atoms with Crippen molar-refractivity contribution in [2.45, 2.75) is 62.8 Å². The van der Waals surface area contributed by atoms with E-state index in [0.29, 0.717) is 24.6 Å². The minimum absolute atomic E-state index is 0.185. The van der Waals surface area contributed by atoms with Crippen LogP contribution in [-0.4, -0.2) is 69.2 Å². The van der Waals surface area contributed by atoms with Crippen LogP contribution in [0.1, 0.15) is 72.0 Å². The highest BCUT2D eigenvalue weighted by Gasteiger charge is 2.33. The van der Waals surface area contributed by atoms with Crippen molar-refractivity contribution in [1.29, 1.82) is 0 Å². The number of alkyl halides is 3. The maximum atomic E-state index is 12.9. The number of nitrogens with one attached hydrogen (secondary N) is 1. The van der Waals surface area contributed by atoms with Gasteiger partial charge >= 0.3 is 6.36 Å². The molecule has 1 N–H and O–H groups in total. The van der Waals surface area contributed by atoms with E-state index in [0.717, 1.165) is 67.2 Å². The molecule has 7 nitrogen and oxygen atoms in total. The van der Waals surface area contributed by atoms with Gasteiger partial charge in [-0.1, -0.05) is 0 Å². The lowest BCUT2D eigenvalue weighted by Crippen LogP contribution is -2.37. The molecule has 0 atom stereocenters. The molecule has 1 aromatic carbocycles. The first-order valence-electron chi connectivity index (χ1n) is 13.1. The summed E-state index contributed by atoms with van der Waals surface area (Å²) in [4.78, 5) is 30.3. The molecule has 1 saturated carbocycles. The number of likely N-dealkylation sites (tertiary alicyclic amines) is 2. The van der Waals surface area contributed by atoms with Crippen molar-refractivity contribution in [1.82, 2.24) is 24.8 Å². The Bertz CT molecular complexity index is 1260. The van der Waals surface area contributed by atoms with Crippen LogP contribution in [0.2, 0.25) is 0 Å². The van der Waals surface area contributed by atoms with Crippen molar-refractivity contribution in [2.75, 3.05) is 26.2 Å². The molecular formula is C27H30F3N5O2. The number of amides is 1. The first kappa shape index (κ1) is 24.2. The van der Waals surface area contributed by atoms with E-state index in [2.05, 4.69) is 19.6 Å². The van der Waals surface area contributed by atoms with Gasteiger partial charge in [0.2, 0.25) is 0 Å². The Morgan fingerprint density at radius 3 is 2.27 bits per heavy atom. The molecule has 0 spiro atoms. The summed E-state index contributed by atoms with van der Waals surface area (Å²) < 4.78 is 41.1. The van der Waals surface area contributed by atoms with Crippen LogP contribution in [-0.2, 0) is 0 Å². The maximum Gasteiger partial charge on any atom is 0.573 e. The van der Waals surface area contributed by atoms with Crippen molar-refractivity contribution >= 4 is 17.1 Å². The van der Waals surface area contributed by atoms with Gasteiger partial charge in [0.15, 0.2) is 5.65 Å². The quantitative estimate of drug-likeness (QED) is 0.507. The van der Waals surface area contributed by atoms with Crippen LogP contribution in [0, 0.1) is 0 Å². The van der Waals surface area contributed by atoms with Gasteiger partial charge in [-0.2, -0.15) is 0 Å². The highest BCUT2D eigenvalue weighted by molar-refractivity contribution is 5.94. The summed E-state index contributed by atoms with van der Waals surface area (Å²) in [5.74, 6) is 0.190. The van der Waals surface area contributed by atoms with E-state index in [9.17, 15) is 18.0 Å². The summed E-state index contributed by atoms with van der Waals surface area (Å²) >= 11 is 0.